The van der Waals surface area contributed by atoms with Crippen molar-refractivity contribution in [3.63, 3.8) is 0 Å². The standard InChI is InChI=1S/C12H24O5/c1-6-8-9(10(13)17-7-2)12(3,14)11(15-4)16-5/h9,11,14H,6-8H2,1-5H3. The van der Waals surface area contributed by atoms with Crippen molar-refractivity contribution in [3.05, 3.63) is 0 Å². The summed E-state index contributed by atoms with van der Waals surface area (Å²) in [6, 6.07) is 0. The number of carbonyl (C=O) groups is 1. The van der Waals surface area contributed by atoms with Gasteiger partial charge in [-0.2, -0.15) is 0 Å². The zero-order chi connectivity index (χ0) is 13.5. The quantitative estimate of drug-likeness (QED) is 0.518. The smallest absolute Gasteiger partial charge is 0.312 e. The molecule has 0 saturated heterocycles. The Hall–Kier alpha value is -0.650. The molecule has 0 radical (unpaired) electrons. The molecule has 0 spiro atoms. The average Bonchev–Trinajstić information content (AvgIpc) is 2.27. The molecule has 0 aliphatic carbocycles. The average molecular weight is 248 g/mol. The summed E-state index contributed by atoms with van der Waals surface area (Å²) >= 11 is 0. The molecule has 2 unspecified atom stereocenters. The Balaban J connectivity index is 4.93. The van der Waals surface area contributed by atoms with Crippen molar-refractivity contribution in [2.24, 2.45) is 5.92 Å². The third kappa shape index (κ3) is 4.26. The summed E-state index contributed by atoms with van der Waals surface area (Å²) in [7, 11) is 2.85. The largest absolute Gasteiger partial charge is 0.466 e. The monoisotopic (exact) mass is 248 g/mol. The van der Waals surface area contributed by atoms with E-state index in [9.17, 15) is 9.90 Å². The van der Waals surface area contributed by atoms with Gasteiger partial charge in [-0.15, -0.1) is 0 Å². The summed E-state index contributed by atoms with van der Waals surface area (Å²) < 4.78 is 15.1. The van der Waals surface area contributed by atoms with Crippen LogP contribution in [0.2, 0.25) is 0 Å². The molecule has 1 N–H and O–H groups in total. The van der Waals surface area contributed by atoms with E-state index in [4.69, 9.17) is 14.2 Å². The summed E-state index contributed by atoms with van der Waals surface area (Å²) in [5.74, 6) is -1.07. The molecular formula is C12H24O5. The van der Waals surface area contributed by atoms with Crippen LogP contribution in [0.3, 0.4) is 0 Å². The molecule has 5 heteroatoms. The highest BCUT2D eigenvalue weighted by atomic mass is 16.7. The van der Waals surface area contributed by atoms with Crippen molar-refractivity contribution in [2.75, 3.05) is 20.8 Å². The predicted octanol–water partition coefficient (Wildman–Crippen LogP) is 1.34. The van der Waals surface area contributed by atoms with Gasteiger partial charge in [-0.05, 0) is 20.3 Å². The van der Waals surface area contributed by atoms with E-state index in [2.05, 4.69) is 0 Å². The van der Waals surface area contributed by atoms with Gasteiger partial charge in [0.05, 0.1) is 12.5 Å². The third-order valence-electron chi connectivity index (χ3n) is 2.76. The maximum Gasteiger partial charge on any atom is 0.312 e. The minimum atomic E-state index is -1.41. The molecule has 0 aromatic carbocycles. The van der Waals surface area contributed by atoms with Gasteiger partial charge >= 0.3 is 5.97 Å². The van der Waals surface area contributed by atoms with E-state index in [1.807, 2.05) is 6.92 Å². The maximum atomic E-state index is 11.8. The van der Waals surface area contributed by atoms with Crippen LogP contribution in [0.5, 0.6) is 0 Å². The minimum Gasteiger partial charge on any atom is -0.466 e. The fourth-order valence-electron chi connectivity index (χ4n) is 1.92. The molecule has 0 aromatic heterocycles. The number of methoxy groups -OCH3 is 2. The van der Waals surface area contributed by atoms with Crippen LogP contribution < -0.4 is 0 Å². The molecule has 17 heavy (non-hydrogen) atoms. The molecule has 0 aliphatic heterocycles. The highest BCUT2D eigenvalue weighted by Gasteiger charge is 2.44. The fraction of sp³-hybridized carbons (Fsp3) is 0.917. The molecule has 0 fully saturated rings. The van der Waals surface area contributed by atoms with Crippen LogP contribution in [-0.2, 0) is 19.0 Å². The summed E-state index contributed by atoms with van der Waals surface area (Å²) in [5, 5.41) is 10.4. The van der Waals surface area contributed by atoms with Gasteiger partial charge in [-0.3, -0.25) is 4.79 Å². The second kappa shape index (κ2) is 7.63. The second-order valence-electron chi connectivity index (χ2n) is 4.12. The van der Waals surface area contributed by atoms with Crippen molar-refractivity contribution < 1.29 is 24.1 Å². The Morgan fingerprint density at radius 1 is 1.29 bits per heavy atom. The zero-order valence-corrected chi connectivity index (χ0v) is 11.4. The Kier molecular flexibility index (Phi) is 7.34. The molecule has 0 heterocycles. The lowest BCUT2D eigenvalue weighted by molar-refractivity contribution is -0.232. The second-order valence-corrected chi connectivity index (χ2v) is 4.12. The molecule has 2 atom stereocenters. The lowest BCUT2D eigenvalue weighted by atomic mass is 9.85. The number of aliphatic hydroxyl groups is 1. The van der Waals surface area contributed by atoms with E-state index in [0.717, 1.165) is 6.42 Å². The summed E-state index contributed by atoms with van der Waals surface area (Å²) in [6.45, 7) is 5.50. The van der Waals surface area contributed by atoms with Gasteiger partial charge in [0.15, 0.2) is 6.29 Å². The lowest BCUT2D eigenvalue weighted by Gasteiger charge is -2.36. The Morgan fingerprint density at radius 3 is 2.18 bits per heavy atom. The number of esters is 1. The van der Waals surface area contributed by atoms with Gasteiger partial charge in [0, 0.05) is 14.2 Å². The molecule has 0 saturated carbocycles. The van der Waals surface area contributed by atoms with Crippen molar-refractivity contribution in [1.82, 2.24) is 0 Å². The molecular weight excluding hydrogens is 224 g/mol. The maximum absolute atomic E-state index is 11.8. The molecule has 0 aromatic rings. The molecule has 5 nitrogen and oxygen atoms in total. The van der Waals surface area contributed by atoms with E-state index in [1.54, 1.807) is 6.92 Å². The van der Waals surface area contributed by atoms with Gasteiger partial charge in [0.1, 0.15) is 5.60 Å². The number of hydrogen-bond acceptors (Lipinski definition) is 5. The van der Waals surface area contributed by atoms with E-state index in [-0.39, 0.29) is 0 Å². The summed E-state index contributed by atoms with van der Waals surface area (Å²) in [6.07, 6.45) is 0.429. The lowest BCUT2D eigenvalue weighted by Crippen LogP contribution is -2.51. The van der Waals surface area contributed by atoms with Gasteiger partial charge in [-0.25, -0.2) is 0 Å². The van der Waals surface area contributed by atoms with Crippen LogP contribution in [0.25, 0.3) is 0 Å². The third-order valence-corrected chi connectivity index (χ3v) is 2.76. The van der Waals surface area contributed by atoms with Crippen LogP contribution in [0.15, 0.2) is 0 Å². The fourth-order valence-corrected chi connectivity index (χ4v) is 1.92. The van der Waals surface area contributed by atoms with Crippen LogP contribution in [0, 0.1) is 5.92 Å². The summed E-state index contributed by atoms with van der Waals surface area (Å²) in [5.41, 5.74) is -1.41. The van der Waals surface area contributed by atoms with Crippen LogP contribution in [-0.4, -0.2) is 43.8 Å². The molecule has 0 aliphatic rings. The molecule has 0 bridgehead atoms. The first-order valence-electron chi connectivity index (χ1n) is 5.90. The number of ether oxygens (including phenoxy) is 3. The highest BCUT2D eigenvalue weighted by Crippen LogP contribution is 2.28. The van der Waals surface area contributed by atoms with Crippen molar-refractivity contribution in [2.45, 2.75) is 45.5 Å². The van der Waals surface area contributed by atoms with E-state index >= 15 is 0 Å². The van der Waals surface area contributed by atoms with Gasteiger partial charge in [0.2, 0.25) is 0 Å². The first-order chi connectivity index (χ1) is 7.95. The molecule has 102 valence electrons. The topological polar surface area (TPSA) is 65.0 Å². The van der Waals surface area contributed by atoms with Crippen molar-refractivity contribution in [3.8, 4) is 0 Å². The highest BCUT2D eigenvalue weighted by molar-refractivity contribution is 5.73. The van der Waals surface area contributed by atoms with Crippen molar-refractivity contribution in [1.29, 1.82) is 0 Å². The Labute approximate surface area is 103 Å². The van der Waals surface area contributed by atoms with Crippen LogP contribution in [0.4, 0.5) is 0 Å². The number of hydrogen-bond donors (Lipinski definition) is 1. The van der Waals surface area contributed by atoms with E-state index < -0.39 is 23.8 Å². The molecule has 0 rings (SSSR count). The summed E-state index contributed by atoms with van der Waals surface area (Å²) in [4.78, 5) is 11.8. The first-order valence-corrected chi connectivity index (χ1v) is 5.90. The van der Waals surface area contributed by atoms with E-state index in [0.29, 0.717) is 13.0 Å². The Bertz CT molecular complexity index is 223. The van der Waals surface area contributed by atoms with Crippen LogP contribution in [0.1, 0.15) is 33.6 Å². The normalized spacial score (nSPS) is 16.6. The molecule has 0 amide bonds. The van der Waals surface area contributed by atoms with Crippen LogP contribution >= 0.6 is 0 Å². The van der Waals surface area contributed by atoms with Gasteiger partial charge in [-0.1, -0.05) is 13.3 Å². The SMILES string of the molecule is CCCC(C(=O)OCC)C(C)(O)C(OC)OC. The predicted molar refractivity (Wildman–Crippen MR) is 63.5 cm³/mol. The van der Waals surface area contributed by atoms with Gasteiger partial charge in [0.25, 0.3) is 0 Å². The zero-order valence-electron chi connectivity index (χ0n) is 11.4. The minimum absolute atomic E-state index is 0.291. The number of carbonyl (C=O) groups excluding carboxylic acids is 1. The van der Waals surface area contributed by atoms with E-state index in [1.165, 1.54) is 21.1 Å². The Morgan fingerprint density at radius 2 is 1.82 bits per heavy atom. The van der Waals surface area contributed by atoms with Crippen molar-refractivity contribution >= 4 is 5.97 Å². The number of rotatable bonds is 8. The first kappa shape index (κ1) is 16.4. The van der Waals surface area contributed by atoms with Gasteiger partial charge < -0.3 is 19.3 Å².